The van der Waals surface area contributed by atoms with Crippen LogP contribution < -0.4 is 11.1 Å². The van der Waals surface area contributed by atoms with Gasteiger partial charge in [-0.15, -0.1) is 0 Å². The van der Waals surface area contributed by atoms with Crippen LogP contribution in [0.5, 0.6) is 0 Å². The summed E-state index contributed by atoms with van der Waals surface area (Å²) in [5, 5.41) is 3.67. The molecule has 104 valence electrons. The van der Waals surface area contributed by atoms with Gasteiger partial charge in [0.15, 0.2) is 0 Å². The van der Waals surface area contributed by atoms with Gasteiger partial charge in [0.1, 0.15) is 0 Å². The van der Waals surface area contributed by atoms with Gasteiger partial charge in [-0.2, -0.15) is 0 Å². The zero-order chi connectivity index (χ0) is 13.1. The van der Waals surface area contributed by atoms with Gasteiger partial charge >= 0.3 is 0 Å². The highest BCUT2D eigenvalue weighted by Gasteiger charge is 2.33. The molecule has 1 saturated heterocycles. The third-order valence-corrected chi connectivity index (χ3v) is 4.40. The molecule has 0 bridgehead atoms. The van der Waals surface area contributed by atoms with E-state index in [0.717, 1.165) is 19.0 Å². The van der Waals surface area contributed by atoms with Crippen molar-refractivity contribution in [3.63, 3.8) is 0 Å². The highest BCUT2D eigenvalue weighted by Crippen LogP contribution is 2.29. The van der Waals surface area contributed by atoms with Crippen LogP contribution in [-0.4, -0.2) is 36.6 Å². The van der Waals surface area contributed by atoms with E-state index in [1.807, 2.05) is 6.07 Å². The molecule has 3 heteroatoms. The van der Waals surface area contributed by atoms with Crippen molar-refractivity contribution in [3.05, 3.63) is 35.9 Å². The molecular formula is C16H25N3. The Labute approximate surface area is 116 Å². The van der Waals surface area contributed by atoms with Gasteiger partial charge in [0, 0.05) is 31.2 Å². The maximum atomic E-state index is 6.21. The summed E-state index contributed by atoms with van der Waals surface area (Å²) in [6.07, 6.45) is 5.16. The molecule has 0 aromatic heterocycles. The first-order valence-corrected chi connectivity index (χ1v) is 7.61. The maximum Gasteiger partial charge on any atom is 0.0306 e. The van der Waals surface area contributed by atoms with E-state index in [9.17, 15) is 0 Å². The van der Waals surface area contributed by atoms with Crippen LogP contribution >= 0.6 is 0 Å². The third kappa shape index (κ3) is 3.56. The third-order valence-electron chi connectivity index (χ3n) is 4.40. The molecule has 2 fully saturated rings. The van der Waals surface area contributed by atoms with Gasteiger partial charge in [-0.1, -0.05) is 30.3 Å². The predicted octanol–water partition coefficient (Wildman–Crippen LogP) is 1.90. The molecule has 1 aliphatic carbocycles. The standard InChI is InChI=1S/C16H25N3/c17-16(13-4-2-1-3-5-13)8-10-18-14-9-11-19(12-14)15-6-7-15/h1-5,14-16,18H,6-12,17H2. The number of rotatable bonds is 6. The van der Waals surface area contributed by atoms with Crippen molar-refractivity contribution in [3.8, 4) is 0 Å². The van der Waals surface area contributed by atoms with Gasteiger partial charge in [0.05, 0.1) is 0 Å². The van der Waals surface area contributed by atoms with Crippen molar-refractivity contribution >= 4 is 0 Å². The average molecular weight is 259 g/mol. The summed E-state index contributed by atoms with van der Waals surface area (Å²) in [4.78, 5) is 2.65. The van der Waals surface area contributed by atoms with Crippen LogP contribution in [0.4, 0.5) is 0 Å². The Morgan fingerprint density at radius 2 is 2.00 bits per heavy atom. The number of likely N-dealkylation sites (tertiary alicyclic amines) is 1. The minimum absolute atomic E-state index is 0.162. The smallest absolute Gasteiger partial charge is 0.0306 e. The fraction of sp³-hybridized carbons (Fsp3) is 0.625. The maximum absolute atomic E-state index is 6.21. The average Bonchev–Trinajstić information content (AvgIpc) is 3.20. The van der Waals surface area contributed by atoms with E-state index >= 15 is 0 Å². The van der Waals surface area contributed by atoms with Crippen molar-refractivity contribution in [2.24, 2.45) is 5.73 Å². The fourth-order valence-corrected chi connectivity index (χ4v) is 3.04. The van der Waals surface area contributed by atoms with Crippen molar-refractivity contribution in [1.29, 1.82) is 0 Å². The molecule has 2 aliphatic rings. The molecule has 0 spiro atoms. The number of nitrogens with zero attached hydrogens (tertiary/aromatic N) is 1. The zero-order valence-electron chi connectivity index (χ0n) is 11.6. The van der Waals surface area contributed by atoms with Crippen LogP contribution in [0.1, 0.15) is 37.3 Å². The number of hydrogen-bond acceptors (Lipinski definition) is 3. The molecule has 0 amide bonds. The summed E-state index contributed by atoms with van der Waals surface area (Å²) in [6.45, 7) is 3.55. The number of hydrogen-bond donors (Lipinski definition) is 2. The molecule has 2 unspecified atom stereocenters. The van der Waals surface area contributed by atoms with Gasteiger partial charge in [0.2, 0.25) is 0 Å². The Kier molecular flexibility index (Phi) is 4.16. The van der Waals surface area contributed by atoms with E-state index in [1.165, 1.54) is 37.9 Å². The first-order chi connectivity index (χ1) is 9.33. The molecule has 1 aromatic carbocycles. The van der Waals surface area contributed by atoms with Gasteiger partial charge in [0.25, 0.3) is 0 Å². The lowest BCUT2D eigenvalue weighted by atomic mass is 10.0. The van der Waals surface area contributed by atoms with Gasteiger partial charge in [-0.3, -0.25) is 4.90 Å². The first-order valence-electron chi connectivity index (χ1n) is 7.61. The Morgan fingerprint density at radius 1 is 1.21 bits per heavy atom. The summed E-state index contributed by atoms with van der Waals surface area (Å²) < 4.78 is 0. The van der Waals surface area contributed by atoms with E-state index in [1.54, 1.807) is 0 Å². The van der Waals surface area contributed by atoms with Crippen LogP contribution in [0.2, 0.25) is 0 Å². The SMILES string of the molecule is NC(CCNC1CCN(C2CC2)C1)c1ccccc1. The Balaban J connectivity index is 1.36. The molecule has 3 rings (SSSR count). The van der Waals surface area contributed by atoms with Crippen molar-refractivity contribution < 1.29 is 0 Å². The summed E-state index contributed by atoms with van der Waals surface area (Å²) in [5.74, 6) is 0. The van der Waals surface area contributed by atoms with Gasteiger partial charge in [-0.25, -0.2) is 0 Å². The summed E-state index contributed by atoms with van der Waals surface area (Å²) in [6, 6.07) is 12.2. The van der Waals surface area contributed by atoms with Crippen LogP contribution in [0, 0.1) is 0 Å². The zero-order valence-corrected chi connectivity index (χ0v) is 11.6. The summed E-state index contributed by atoms with van der Waals surface area (Å²) in [7, 11) is 0. The Morgan fingerprint density at radius 3 is 2.74 bits per heavy atom. The molecule has 3 nitrogen and oxygen atoms in total. The van der Waals surface area contributed by atoms with E-state index in [0.29, 0.717) is 6.04 Å². The molecule has 1 aliphatic heterocycles. The molecule has 0 radical (unpaired) electrons. The second-order valence-electron chi connectivity index (χ2n) is 5.97. The minimum atomic E-state index is 0.162. The summed E-state index contributed by atoms with van der Waals surface area (Å²) >= 11 is 0. The van der Waals surface area contributed by atoms with Crippen molar-refractivity contribution in [1.82, 2.24) is 10.2 Å². The highest BCUT2D eigenvalue weighted by atomic mass is 15.2. The Bertz CT molecular complexity index is 388. The normalized spacial score (nSPS) is 25.6. The van der Waals surface area contributed by atoms with Crippen LogP contribution in [0.3, 0.4) is 0 Å². The number of nitrogens with two attached hydrogens (primary N) is 1. The highest BCUT2D eigenvalue weighted by molar-refractivity contribution is 5.18. The fourth-order valence-electron chi connectivity index (χ4n) is 3.04. The van der Waals surface area contributed by atoms with Crippen molar-refractivity contribution in [2.75, 3.05) is 19.6 Å². The predicted molar refractivity (Wildman–Crippen MR) is 79.0 cm³/mol. The molecule has 1 aromatic rings. The molecular weight excluding hydrogens is 234 g/mol. The minimum Gasteiger partial charge on any atom is -0.324 e. The van der Waals surface area contributed by atoms with E-state index in [-0.39, 0.29) is 6.04 Å². The van der Waals surface area contributed by atoms with E-state index in [2.05, 4.69) is 34.5 Å². The number of nitrogens with one attached hydrogen (secondary N) is 1. The second-order valence-corrected chi connectivity index (χ2v) is 5.97. The Hall–Kier alpha value is -0.900. The molecule has 19 heavy (non-hydrogen) atoms. The van der Waals surface area contributed by atoms with E-state index < -0.39 is 0 Å². The second kappa shape index (κ2) is 6.04. The van der Waals surface area contributed by atoms with Gasteiger partial charge < -0.3 is 11.1 Å². The molecule has 3 N–H and O–H groups in total. The van der Waals surface area contributed by atoms with Gasteiger partial charge in [-0.05, 0) is 37.8 Å². The lowest BCUT2D eigenvalue weighted by Crippen LogP contribution is -2.34. The molecule has 1 heterocycles. The number of benzene rings is 1. The van der Waals surface area contributed by atoms with Crippen LogP contribution in [0.25, 0.3) is 0 Å². The quantitative estimate of drug-likeness (QED) is 0.820. The van der Waals surface area contributed by atoms with Crippen molar-refractivity contribution in [2.45, 2.75) is 43.8 Å². The largest absolute Gasteiger partial charge is 0.324 e. The van der Waals surface area contributed by atoms with E-state index in [4.69, 9.17) is 5.73 Å². The molecule has 1 saturated carbocycles. The summed E-state index contributed by atoms with van der Waals surface area (Å²) in [5.41, 5.74) is 7.46. The topological polar surface area (TPSA) is 41.3 Å². The first kappa shape index (κ1) is 13.1. The van der Waals surface area contributed by atoms with Crippen LogP contribution in [-0.2, 0) is 0 Å². The monoisotopic (exact) mass is 259 g/mol. The van der Waals surface area contributed by atoms with Crippen LogP contribution in [0.15, 0.2) is 30.3 Å². The molecule has 2 atom stereocenters. The lowest BCUT2D eigenvalue weighted by molar-refractivity contribution is 0.317. The lowest BCUT2D eigenvalue weighted by Gasteiger charge is -2.17.